The molecule has 2 aromatic rings. The molecule has 0 fully saturated rings. The lowest BCUT2D eigenvalue weighted by atomic mass is 10.2. The smallest absolute Gasteiger partial charge is 0.124 e. The van der Waals surface area contributed by atoms with Gasteiger partial charge in [-0.3, -0.25) is 0 Å². The summed E-state index contributed by atoms with van der Waals surface area (Å²) in [4.78, 5) is 0. The molecule has 0 heterocycles. The molecule has 0 aromatic heterocycles. The number of ether oxygens (including phenoxy) is 1. The van der Waals surface area contributed by atoms with Crippen LogP contribution in [0.25, 0.3) is 0 Å². The molecule has 0 aliphatic rings. The number of halogens is 3. The summed E-state index contributed by atoms with van der Waals surface area (Å²) in [5.74, 6) is 0.827. The van der Waals surface area contributed by atoms with Crippen LogP contribution in [0, 0.1) is 0 Å². The number of hydrogen-bond acceptors (Lipinski definition) is 2. The van der Waals surface area contributed by atoms with Crippen LogP contribution in [-0.2, 0) is 13.2 Å². The van der Waals surface area contributed by atoms with Crippen molar-refractivity contribution in [1.29, 1.82) is 0 Å². The SMILES string of the molecule is CCCCCNCc1cc(Cl)ccc1OCc1ccc(Cl)c(Cl)c1. The fraction of sp³-hybridized carbons (Fsp3) is 0.368. The highest BCUT2D eigenvalue weighted by Gasteiger charge is 2.06. The number of benzene rings is 2. The highest BCUT2D eigenvalue weighted by atomic mass is 35.5. The molecule has 5 heteroatoms. The number of rotatable bonds is 9. The minimum atomic E-state index is 0.432. The number of nitrogens with one attached hydrogen (secondary N) is 1. The van der Waals surface area contributed by atoms with Crippen molar-refractivity contribution < 1.29 is 4.74 Å². The summed E-state index contributed by atoms with van der Waals surface area (Å²) >= 11 is 18.1. The third-order valence-corrected chi connectivity index (χ3v) is 4.65. The summed E-state index contributed by atoms with van der Waals surface area (Å²) in [5, 5.41) is 5.23. The lowest BCUT2D eigenvalue weighted by molar-refractivity contribution is 0.302. The second-order valence-electron chi connectivity index (χ2n) is 5.67. The molecule has 0 spiro atoms. The zero-order valence-electron chi connectivity index (χ0n) is 13.7. The molecule has 0 bridgehead atoms. The third kappa shape index (κ3) is 6.18. The van der Waals surface area contributed by atoms with Gasteiger partial charge in [0.15, 0.2) is 0 Å². The van der Waals surface area contributed by atoms with Crippen molar-refractivity contribution in [3.05, 3.63) is 62.6 Å². The van der Waals surface area contributed by atoms with Crippen molar-refractivity contribution in [2.45, 2.75) is 39.3 Å². The van der Waals surface area contributed by atoms with Gasteiger partial charge in [-0.2, -0.15) is 0 Å². The summed E-state index contributed by atoms with van der Waals surface area (Å²) in [6.07, 6.45) is 3.64. The Labute approximate surface area is 159 Å². The van der Waals surface area contributed by atoms with Gasteiger partial charge in [0.1, 0.15) is 12.4 Å². The van der Waals surface area contributed by atoms with Gasteiger partial charge in [0.25, 0.3) is 0 Å². The van der Waals surface area contributed by atoms with Gasteiger partial charge in [-0.05, 0) is 48.9 Å². The fourth-order valence-corrected chi connectivity index (χ4v) is 2.86. The lowest BCUT2D eigenvalue weighted by Crippen LogP contribution is -2.15. The molecule has 1 N–H and O–H groups in total. The van der Waals surface area contributed by atoms with Gasteiger partial charge in [-0.15, -0.1) is 0 Å². The molecule has 2 aromatic carbocycles. The van der Waals surface area contributed by atoms with Crippen molar-refractivity contribution >= 4 is 34.8 Å². The monoisotopic (exact) mass is 385 g/mol. The van der Waals surface area contributed by atoms with Gasteiger partial charge in [0.05, 0.1) is 10.0 Å². The molecule has 0 amide bonds. The quantitative estimate of drug-likeness (QED) is 0.496. The second-order valence-corrected chi connectivity index (χ2v) is 6.92. The zero-order valence-corrected chi connectivity index (χ0v) is 16.0. The molecule has 0 aliphatic heterocycles. The highest BCUT2D eigenvalue weighted by molar-refractivity contribution is 6.42. The van der Waals surface area contributed by atoms with Crippen LogP contribution < -0.4 is 10.1 Å². The van der Waals surface area contributed by atoms with Crippen LogP contribution in [0.5, 0.6) is 5.75 Å². The molecular weight excluding hydrogens is 365 g/mol. The molecular formula is C19H22Cl3NO. The Hall–Kier alpha value is -0.930. The van der Waals surface area contributed by atoms with Crippen LogP contribution in [-0.4, -0.2) is 6.54 Å². The van der Waals surface area contributed by atoms with Gasteiger partial charge >= 0.3 is 0 Å². The van der Waals surface area contributed by atoms with Crippen molar-refractivity contribution in [2.24, 2.45) is 0 Å². The van der Waals surface area contributed by atoms with Crippen LogP contribution in [0.2, 0.25) is 15.1 Å². The molecule has 0 atom stereocenters. The predicted molar refractivity (Wildman–Crippen MR) is 103 cm³/mol. The zero-order chi connectivity index (χ0) is 17.4. The van der Waals surface area contributed by atoms with Gasteiger partial charge < -0.3 is 10.1 Å². The van der Waals surface area contributed by atoms with E-state index in [0.717, 1.165) is 30.0 Å². The predicted octanol–water partition coefficient (Wildman–Crippen LogP) is 6.51. The lowest BCUT2D eigenvalue weighted by Gasteiger charge is -2.13. The van der Waals surface area contributed by atoms with E-state index in [-0.39, 0.29) is 0 Å². The molecule has 24 heavy (non-hydrogen) atoms. The van der Waals surface area contributed by atoms with Crippen LogP contribution in [0.3, 0.4) is 0 Å². The van der Waals surface area contributed by atoms with E-state index in [2.05, 4.69) is 12.2 Å². The molecule has 0 saturated heterocycles. The molecule has 0 unspecified atom stereocenters. The van der Waals surface area contributed by atoms with E-state index in [1.807, 2.05) is 30.3 Å². The van der Waals surface area contributed by atoms with Crippen LogP contribution >= 0.6 is 34.8 Å². The summed E-state index contributed by atoms with van der Waals surface area (Å²) in [6.45, 7) is 4.36. The maximum Gasteiger partial charge on any atom is 0.124 e. The summed E-state index contributed by atoms with van der Waals surface area (Å²) in [7, 11) is 0. The Bertz CT molecular complexity index is 661. The average molecular weight is 387 g/mol. The first-order valence-corrected chi connectivity index (χ1v) is 9.29. The topological polar surface area (TPSA) is 21.3 Å². The standard InChI is InChI=1S/C19H22Cl3NO/c1-2-3-4-9-23-12-15-11-16(20)6-8-19(15)24-13-14-5-7-17(21)18(22)10-14/h5-8,10-11,23H,2-4,9,12-13H2,1H3. The first-order chi connectivity index (χ1) is 11.6. The maximum atomic E-state index is 6.12. The molecule has 2 rings (SSSR count). The van der Waals surface area contributed by atoms with Crippen LogP contribution in [0.1, 0.15) is 37.3 Å². The Kier molecular flexibility index (Phi) is 8.20. The van der Waals surface area contributed by atoms with Crippen LogP contribution in [0.15, 0.2) is 36.4 Å². The Balaban J connectivity index is 1.97. The van der Waals surface area contributed by atoms with E-state index in [4.69, 9.17) is 39.5 Å². The summed E-state index contributed by atoms with van der Waals surface area (Å²) in [5.41, 5.74) is 2.03. The largest absolute Gasteiger partial charge is 0.489 e. The minimum absolute atomic E-state index is 0.432. The molecule has 0 saturated carbocycles. The minimum Gasteiger partial charge on any atom is -0.489 e. The van der Waals surface area contributed by atoms with Crippen molar-refractivity contribution in [1.82, 2.24) is 5.32 Å². The van der Waals surface area contributed by atoms with Gasteiger partial charge in [-0.25, -0.2) is 0 Å². The van der Waals surface area contributed by atoms with Crippen LogP contribution in [0.4, 0.5) is 0 Å². The summed E-state index contributed by atoms with van der Waals surface area (Å²) < 4.78 is 5.95. The highest BCUT2D eigenvalue weighted by Crippen LogP contribution is 2.26. The molecule has 2 nitrogen and oxygen atoms in total. The first-order valence-electron chi connectivity index (χ1n) is 8.16. The van der Waals surface area contributed by atoms with Gasteiger partial charge in [0.2, 0.25) is 0 Å². The van der Waals surface area contributed by atoms with Crippen molar-refractivity contribution in [3.8, 4) is 5.75 Å². The van der Waals surface area contributed by atoms with E-state index < -0.39 is 0 Å². The number of hydrogen-bond donors (Lipinski definition) is 1. The van der Waals surface area contributed by atoms with E-state index in [9.17, 15) is 0 Å². The Morgan fingerprint density at radius 3 is 2.54 bits per heavy atom. The van der Waals surface area contributed by atoms with Gasteiger partial charge in [-0.1, -0.05) is 60.6 Å². The van der Waals surface area contributed by atoms with E-state index >= 15 is 0 Å². The van der Waals surface area contributed by atoms with Crippen molar-refractivity contribution in [2.75, 3.05) is 6.54 Å². The first kappa shape index (κ1) is 19.4. The maximum absolute atomic E-state index is 6.12. The van der Waals surface area contributed by atoms with E-state index in [1.165, 1.54) is 19.3 Å². The van der Waals surface area contributed by atoms with E-state index in [1.54, 1.807) is 6.07 Å². The third-order valence-electron chi connectivity index (χ3n) is 3.67. The van der Waals surface area contributed by atoms with Gasteiger partial charge in [0, 0.05) is 17.1 Å². The molecule has 0 aliphatic carbocycles. The second kappa shape index (κ2) is 10.1. The molecule has 0 radical (unpaired) electrons. The average Bonchev–Trinajstić information content (AvgIpc) is 2.57. The normalized spacial score (nSPS) is 10.8. The van der Waals surface area contributed by atoms with Crippen molar-refractivity contribution in [3.63, 3.8) is 0 Å². The van der Waals surface area contributed by atoms with E-state index in [0.29, 0.717) is 21.7 Å². The number of unbranched alkanes of at least 4 members (excludes halogenated alkanes) is 2. The fourth-order valence-electron chi connectivity index (χ4n) is 2.34. The Morgan fingerprint density at radius 1 is 0.958 bits per heavy atom. The summed E-state index contributed by atoms with van der Waals surface area (Å²) in [6, 6.07) is 11.2. The molecule has 130 valence electrons. The Morgan fingerprint density at radius 2 is 1.79 bits per heavy atom.